The predicted molar refractivity (Wildman–Crippen MR) is 65.1 cm³/mol. The fraction of sp³-hybridized carbons (Fsp3) is 0.769. The Morgan fingerprint density at radius 2 is 2.00 bits per heavy atom. The van der Waals surface area contributed by atoms with Crippen molar-refractivity contribution in [2.24, 2.45) is 5.92 Å². The Balaban J connectivity index is 1.80. The summed E-state index contributed by atoms with van der Waals surface area (Å²) in [4.78, 5) is 15.4. The zero-order valence-electron chi connectivity index (χ0n) is 10.2. The van der Waals surface area contributed by atoms with Gasteiger partial charge in [-0.15, -0.1) is 0 Å². The van der Waals surface area contributed by atoms with Crippen molar-refractivity contribution in [2.45, 2.75) is 38.5 Å². The molecule has 2 aliphatic rings. The smallest absolute Gasteiger partial charge is 0.322 e. The second-order valence-electron chi connectivity index (χ2n) is 5.15. The number of nitrogens with zero attached hydrogens (tertiary/aromatic N) is 2. The molecule has 90 valence electrons. The molecule has 0 aromatic rings. The number of hydrogen-bond donors (Lipinski definition) is 0. The monoisotopic (exact) mass is 222 g/mol. The van der Waals surface area contributed by atoms with Crippen molar-refractivity contribution in [2.75, 3.05) is 20.1 Å². The normalized spacial score (nSPS) is 23.3. The van der Waals surface area contributed by atoms with E-state index in [1.807, 2.05) is 11.9 Å². The van der Waals surface area contributed by atoms with Gasteiger partial charge in [-0.25, -0.2) is 4.79 Å². The highest BCUT2D eigenvalue weighted by atomic mass is 16.2. The summed E-state index contributed by atoms with van der Waals surface area (Å²) in [5.74, 6) is 0.834. The van der Waals surface area contributed by atoms with Crippen molar-refractivity contribution in [3.63, 3.8) is 0 Å². The highest BCUT2D eigenvalue weighted by Gasteiger charge is 2.29. The fourth-order valence-corrected chi connectivity index (χ4v) is 2.81. The van der Waals surface area contributed by atoms with Gasteiger partial charge in [-0.2, -0.15) is 0 Å². The lowest BCUT2D eigenvalue weighted by atomic mass is 9.87. The van der Waals surface area contributed by atoms with Gasteiger partial charge in [0.2, 0.25) is 0 Å². The SMILES string of the molecule is C=C1CN(C)C(=O)N1CCC1CCCCC1. The molecule has 1 saturated heterocycles. The molecule has 1 aliphatic heterocycles. The van der Waals surface area contributed by atoms with Crippen LogP contribution in [0, 0.1) is 5.92 Å². The van der Waals surface area contributed by atoms with E-state index in [-0.39, 0.29) is 6.03 Å². The van der Waals surface area contributed by atoms with Crippen LogP contribution >= 0.6 is 0 Å². The Bertz CT molecular complexity index is 282. The zero-order chi connectivity index (χ0) is 11.5. The first-order chi connectivity index (χ1) is 7.68. The van der Waals surface area contributed by atoms with Gasteiger partial charge in [0.25, 0.3) is 0 Å². The Hall–Kier alpha value is -0.990. The summed E-state index contributed by atoms with van der Waals surface area (Å²) in [6, 6.07) is 0.126. The molecular weight excluding hydrogens is 200 g/mol. The van der Waals surface area contributed by atoms with Crippen LogP contribution in [0.15, 0.2) is 12.3 Å². The number of rotatable bonds is 3. The lowest BCUT2D eigenvalue weighted by Crippen LogP contribution is -2.30. The van der Waals surface area contributed by atoms with Gasteiger partial charge in [0.05, 0.1) is 6.54 Å². The minimum atomic E-state index is 0.126. The largest absolute Gasteiger partial charge is 0.324 e. The second-order valence-corrected chi connectivity index (χ2v) is 5.15. The molecular formula is C13H22N2O. The molecule has 0 atom stereocenters. The summed E-state index contributed by atoms with van der Waals surface area (Å²) >= 11 is 0. The van der Waals surface area contributed by atoms with E-state index in [0.29, 0.717) is 6.54 Å². The van der Waals surface area contributed by atoms with Crippen LogP contribution in [0.1, 0.15) is 38.5 Å². The third-order valence-electron chi connectivity index (χ3n) is 3.84. The summed E-state index contributed by atoms with van der Waals surface area (Å²) in [5, 5.41) is 0. The van der Waals surface area contributed by atoms with Gasteiger partial charge in [-0.1, -0.05) is 38.7 Å². The summed E-state index contributed by atoms with van der Waals surface area (Å²) in [5.41, 5.74) is 0.961. The molecule has 2 fully saturated rings. The predicted octanol–water partition coefficient (Wildman–Crippen LogP) is 2.84. The van der Waals surface area contributed by atoms with Gasteiger partial charge in [0.1, 0.15) is 0 Å². The van der Waals surface area contributed by atoms with Crippen LogP contribution in [-0.4, -0.2) is 36.0 Å². The van der Waals surface area contributed by atoms with Gasteiger partial charge in [0, 0.05) is 19.3 Å². The number of urea groups is 1. The first kappa shape index (κ1) is 11.5. The van der Waals surface area contributed by atoms with Crippen molar-refractivity contribution < 1.29 is 4.79 Å². The molecule has 2 amide bonds. The molecule has 2 rings (SSSR count). The van der Waals surface area contributed by atoms with E-state index >= 15 is 0 Å². The van der Waals surface area contributed by atoms with E-state index in [2.05, 4.69) is 6.58 Å². The molecule has 0 spiro atoms. The first-order valence-corrected chi connectivity index (χ1v) is 6.39. The van der Waals surface area contributed by atoms with E-state index in [1.54, 1.807) is 4.90 Å². The Morgan fingerprint density at radius 1 is 1.31 bits per heavy atom. The van der Waals surface area contributed by atoms with Crippen molar-refractivity contribution >= 4 is 6.03 Å². The third kappa shape index (κ3) is 2.39. The van der Waals surface area contributed by atoms with E-state index in [0.717, 1.165) is 24.6 Å². The molecule has 16 heavy (non-hydrogen) atoms. The van der Waals surface area contributed by atoms with E-state index in [1.165, 1.54) is 32.1 Å². The molecule has 0 aromatic heterocycles. The zero-order valence-corrected chi connectivity index (χ0v) is 10.2. The van der Waals surface area contributed by atoms with Crippen LogP contribution in [0.2, 0.25) is 0 Å². The standard InChI is InChI=1S/C13H22N2O/c1-11-10-14(2)13(16)15(11)9-8-12-6-4-3-5-7-12/h12H,1,3-10H2,2H3. The van der Waals surface area contributed by atoms with Crippen LogP contribution < -0.4 is 0 Å². The van der Waals surface area contributed by atoms with Crippen LogP contribution in [0.5, 0.6) is 0 Å². The number of hydrogen-bond acceptors (Lipinski definition) is 1. The van der Waals surface area contributed by atoms with Gasteiger partial charge in [-0.3, -0.25) is 4.90 Å². The van der Waals surface area contributed by atoms with Crippen molar-refractivity contribution in [3.8, 4) is 0 Å². The molecule has 3 heteroatoms. The van der Waals surface area contributed by atoms with Crippen molar-refractivity contribution in [1.82, 2.24) is 9.80 Å². The average molecular weight is 222 g/mol. The average Bonchev–Trinajstić information content (AvgIpc) is 2.53. The highest BCUT2D eigenvalue weighted by molar-refractivity contribution is 5.79. The molecule has 0 aromatic carbocycles. The highest BCUT2D eigenvalue weighted by Crippen LogP contribution is 2.27. The number of likely N-dealkylation sites (N-methyl/N-ethyl adjacent to an activating group) is 1. The topological polar surface area (TPSA) is 23.6 Å². The minimum Gasteiger partial charge on any atom is -0.322 e. The molecule has 3 nitrogen and oxygen atoms in total. The van der Waals surface area contributed by atoms with E-state index in [4.69, 9.17) is 0 Å². The Kier molecular flexibility index (Phi) is 3.52. The van der Waals surface area contributed by atoms with Gasteiger partial charge < -0.3 is 4.90 Å². The molecule has 1 saturated carbocycles. The van der Waals surface area contributed by atoms with Crippen LogP contribution in [0.25, 0.3) is 0 Å². The minimum absolute atomic E-state index is 0.126. The quantitative estimate of drug-likeness (QED) is 0.720. The summed E-state index contributed by atoms with van der Waals surface area (Å²) in [6.45, 7) is 5.53. The lowest BCUT2D eigenvalue weighted by Gasteiger charge is -2.24. The molecule has 0 radical (unpaired) electrons. The fourth-order valence-electron chi connectivity index (χ4n) is 2.81. The summed E-state index contributed by atoms with van der Waals surface area (Å²) < 4.78 is 0. The maximum Gasteiger partial charge on any atom is 0.324 e. The number of amides is 2. The lowest BCUT2D eigenvalue weighted by molar-refractivity contribution is 0.197. The molecule has 1 aliphatic carbocycles. The van der Waals surface area contributed by atoms with E-state index < -0.39 is 0 Å². The second kappa shape index (κ2) is 4.89. The molecule has 1 heterocycles. The molecule has 0 unspecified atom stereocenters. The molecule has 0 bridgehead atoms. The summed E-state index contributed by atoms with van der Waals surface area (Å²) in [7, 11) is 1.84. The number of carbonyl (C=O) groups excluding carboxylic acids is 1. The van der Waals surface area contributed by atoms with E-state index in [9.17, 15) is 4.79 Å². The van der Waals surface area contributed by atoms with Gasteiger partial charge in [0.15, 0.2) is 0 Å². The molecule has 0 N–H and O–H groups in total. The van der Waals surface area contributed by atoms with Crippen molar-refractivity contribution in [1.29, 1.82) is 0 Å². The first-order valence-electron chi connectivity index (χ1n) is 6.39. The van der Waals surface area contributed by atoms with Gasteiger partial charge >= 0.3 is 6.03 Å². The Labute approximate surface area is 98.1 Å². The van der Waals surface area contributed by atoms with Crippen LogP contribution in [0.4, 0.5) is 4.79 Å². The maximum atomic E-state index is 11.8. The third-order valence-corrected chi connectivity index (χ3v) is 3.84. The van der Waals surface area contributed by atoms with Crippen LogP contribution in [0.3, 0.4) is 0 Å². The maximum absolute atomic E-state index is 11.8. The van der Waals surface area contributed by atoms with Crippen molar-refractivity contribution in [3.05, 3.63) is 12.3 Å². The number of carbonyl (C=O) groups is 1. The van der Waals surface area contributed by atoms with Gasteiger partial charge in [-0.05, 0) is 12.3 Å². The van der Waals surface area contributed by atoms with Crippen LogP contribution in [-0.2, 0) is 0 Å². The Morgan fingerprint density at radius 3 is 2.56 bits per heavy atom. The summed E-state index contributed by atoms with van der Waals surface area (Å²) in [6.07, 6.45) is 8.00.